The second kappa shape index (κ2) is 10.4. The lowest BCUT2D eigenvalue weighted by Crippen LogP contribution is -2.27. The zero-order chi connectivity index (χ0) is 20.6. The molecule has 0 unspecified atom stereocenters. The maximum atomic E-state index is 12.8. The number of anilines is 1. The van der Waals surface area contributed by atoms with Gasteiger partial charge in [-0.15, -0.1) is 11.3 Å². The molecule has 7 heteroatoms. The fourth-order valence-corrected chi connectivity index (χ4v) is 4.74. The first-order valence-electron chi connectivity index (χ1n) is 10.1. The number of amides is 2. The van der Waals surface area contributed by atoms with Gasteiger partial charge in [0.15, 0.2) is 0 Å². The minimum Gasteiger partial charge on any atom is -0.497 e. The number of methoxy groups -OCH3 is 1. The van der Waals surface area contributed by atoms with E-state index in [0.717, 1.165) is 42.6 Å². The average Bonchev–Trinajstić information content (AvgIpc) is 3.29. The van der Waals surface area contributed by atoms with Gasteiger partial charge in [-0.2, -0.15) is 0 Å². The second-order valence-corrected chi connectivity index (χ2v) is 8.05. The van der Waals surface area contributed by atoms with Crippen molar-refractivity contribution < 1.29 is 19.1 Å². The minimum absolute atomic E-state index is 0.111. The van der Waals surface area contributed by atoms with Crippen LogP contribution in [0.15, 0.2) is 24.3 Å². The molecule has 2 amide bonds. The lowest BCUT2D eigenvalue weighted by Gasteiger charge is -2.10. The first-order valence-corrected chi connectivity index (χ1v) is 10.9. The van der Waals surface area contributed by atoms with Crippen molar-refractivity contribution in [3.05, 3.63) is 45.8 Å². The first kappa shape index (κ1) is 21.3. The van der Waals surface area contributed by atoms with Crippen molar-refractivity contribution in [2.45, 2.75) is 39.0 Å². The van der Waals surface area contributed by atoms with Gasteiger partial charge < -0.3 is 20.1 Å². The Labute approximate surface area is 175 Å². The van der Waals surface area contributed by atoms with Gasteiger partial charge in [-0.25, -0.2) is 0 Å². The SMILES string of the molecule is CCOCCCNC(=O)c1c(NC(=O)Cc2ccc(OC)cc2)sc2c1CCC2. The quantitative estimate of drug-likeness (QED) is 0.581. The van der Waals surface area contributed by atoms with Crippen LogP contribution in [-0.2, 0) is 28.8 Å². The molecule has 156 valence electrons. The molecule has 0 bridgehead atoms. The zero-order valence-electron chi connectivity index (χ0n) is 17.0. The molecule has 3 rings (SSSR count). The molecule has 1 aromatic carbocycles. The molecular formula is C22H28N2O4S. The van der Waals surface area contributed by atoms with E-state index in [1.807, 2.05) is 31.2 Å². The van der Waals surface area contributed by atoms with Gasteiger partial charge in [-0.1, -0.05) is 12.1 Å². The van der Waals surface area contributed by atoms with Crippen molar-refractivity contribution >= 4 is 28.2 Å². The molecule has 6 nitrogen and oxygen atoms in total. The molecular weight excluding hydrogens is 388 g/mol. The van der Waals surface area contributed by atoms with Gasteiger partial charge in [0.05, 0.1) is 19.1 Å². The zero-order valence-corrected chi connectivity index (χ0v) is 17.8. The molecule has 1 aromatic heterocycles. The van der Waals surface area contributed by atoms with Crippen LogP contribution < -0.4 is 15.4 Å². The van der Waals surface area contributed by atoms with Crippen LogP contribution in [0.5, 0.6) is 5.75 Å². The molecule has 0 aliphatic heterocycles. The van der Waals surface area contributed by atoms with Crippen LogP contribution in [0.3, 0.4) is 0 Å². The van der Waals surface area contributed by atoms with E-state index in [1.54, 1.807) is 7.11 Å². The van der Waals surface area contributed by atoms with Crippen LogP contribution in [-0.4, -0.2) is 38.7 Å². The van der Waals surface area contributed by atoms with Gasteiger partial charge in [-0.05, 0) is 55.9 Å². The fraction of sp³-hybridized carbons (Fsp3) is 0.455. The number of thiophene rings is 1. The van der Waals surface area contributed by atoms with Crippen LogP contribution in [0.25, 0.3) is 0 Å². The van der Waals surface area contributed by atoms with Crippen molar-refractivity contribution in [1.82, 2.24) is 5.32 Å². The number of carbonyl (C=O) groups excluding carboxylic acids is 2. The number of fused-ring (bicyclic) bond motifs is 1. The first-order chi connectivity index (χ1) is 14.1. The van der Waals surface area contributed by atoms with Crippen LogP contribution in [0, 0.1) is 0 Å². The molecule has 2 N–H and O–H groups in total. The van der Waals surface area contributed by atoms with E-state index in [4.69, 9.17) is 9.47 Å². The smallest absolute Gasteiger partial charge is 0.254 e. The highest BCUT2D eigenvalue weighted by atomic mass is 32.1. The maximum Gasteiger partial charge on any atom is 0.254 e. The van der Waals surface area contributed by atoms with Gasteiger partial charge in [0.1, 0.15) is 10.8 Å². The molecule has 1 aliphatic rings. The lowest BCUT2D eigenvalue weighted by atomic mass is 10.1. The summed E-state index contributed by atoms with van der Waals surface area (Å²) in [6.45, 7) is 3.82. The highest BCUT2D eigenvalue weighted by molar-refractivity contribution is 7.17. The van der Waals surface area contributed by atoms with Crippen LogP contribution in [0.1, 0.15) is 46.1 Å². The molecule has 29 heavy (non-hydrogen) atoms. The Kier molecular flexibility index (Phi) is 7.66. The Hall–Kier alpha value is -2.38. The third-order valence-electron chi connectivity index (χ3n) is 4.88. The standard InChI is InChI=1S/C22H28N2O4S/c1-3-28-13-5-12-23-21(26)20-17-6-4-7-18(17)29-22(20)24-19(25)14-15-8-10-16(27-2)11-9-15/h8-11H,3-7,12-14H2,1-2H3,(H,23,26)(H,24,25). The van der Waals surface area contributed by atoms with Crippen molar-refractivity contribution in [3.63, 3.8) is 0 Å². The van der Waals surface area contributed by atoms with Gasteiger partial charge in [0.2, 0.25) is 5.91 Å². The lowest BCUT2D eigenvalue weighted by molar-refractivity contribution is -0.115. The molecule has 1 aliphatic carbocycles. The van der Waals surface area contributed by atoms with Crippen molar-refractivity contribution in [1.29, 1.82) is 0 Å². The maximum absolute atomic E-state index is 12.8. The second-order valence-electron chi connectivity index (χ2n) is 6.94. The van der Waals surface area contributed by atoms with E-state index >= 15 is 0 Å². The number of rotatable bonds is 10. The van der Waals surface area contributed by atoms with Gasteiger partial charge in [0.25, 0.3) is 5.91 Å². The summed E-state index contributed by atoms with van der Waals surface area (Å²) in [5.41, 5.74) is 2.63. The number of hydrogen-bond donors (Lipinski definition) is 2. The van der Waals surface area contributed by atoms with Crippen LogP contribution >= 0.6 is 11.3 Å². The van der Waals surface area contributed by atoms with Crippen molar-refractivity contribution in [2.24, 2.45) is 0 Å². The molecule has 0 fully saturated rings. The number of ether oxygens (including phenoxy) is 2. The van der Waals surface area contributed by atoms with E-state index in [-0.39, 0.29) is 18.2 Å². The predicted octanol–water partition coefficient (Wildman–Crippen LogP) is 3.58. The van der Waals surface area contributed by atoms with E-state index < -0.39 is 0 Å². The van der Waals surface area contributed by atoms with Crippen molar-refractivity contribution in [3.8, 4) is 5.75 Å². The summed E-state index contributed by atoms with van der Waals surface area (Å²) in [6.07, 6.45) is 3.94. The van der Waals surface area contributed by atoms with Crippen molar-refractivity contribution in [2.75, 3.05) is 32.2 Å². The summed E-state index contributed by atoms with van der Waals surface area (Å²) >= 11 is 1.53. The number of carbonyl (C=O) groups is 2. The summed E-state index contributed by atoms with van der Waals surface area (Å²) in [5, 5.41) is 6.61. The summed E-state index contributed by atoms with van der Waals surface area (Å²) in [6, 6.07) is 7.42. The largest absolute Gasteiger partial charge is 0.497 e. The molecule has 0 atom stereocenters. The summed E-state index contributed by atoms with van der Waals surface area (Å²) in [4.78, 5) is 26.6. The normalized spacial score (nSPS) is 12.5. The molecule has 0 spiro atoms. The Bertz CT molecular complexity index is 845. The Morgan fingerprint density at radius 1 is 1.17 bits per heavy atom. The van der Waals surface area contributed by atoms with E-state index in [2.05, 4.69) is 10.6 Å². The molecule has 0 radical (unpaired) electrons. The Morgan fingerprint density at radius 3 is 2.69 bits per heavy atom. The number of benzene rings is 1. The molecule has 2 aromatic rings. The van der Waals surface area contributed by atoms with Gasteiger partial charge in [-0.3, -0.25) is 9.59 Å². The summed E-state index contributed by atoms with van der Waals surface area (Å²) < 4.78 is 10.5. The average molecular weight is 417 g/mol. The third kappa shape index (κ3) is 5.58. The predicted molar refractivity (Wildman–Crippen MR) is 115 cm³/mol. The van der Waals surface area contributed by atoms with E-state index in [1.165, 1.54) is 16.2 Å². The molecule has 1 heterocycles. The topological polar surface area (TPSA) is 76.7 Å². The highest BCUT2D eigenvalue weighted by Crippen LogP contribution is 2.39. The number of aryl methyl sites for hydroxylation is 1. The van der Waals surface area contributed by atoms with Crippen LogP contribution in [0.2, 0.25) is 0 Å². The molecule has 0 saturated carbocycles. The Balaban J connectivity index is 1.65. The number of nitrogens with one attached hydrogen (secondary N) is 2. The monoisotopic (exact) mass is 416 g/mol. The third-order valence-corrected chi connectivity index (χ3v) is 6.09. The summed E-state index contributed by atoms with van der Waals surface area (Å²) in [7, 11) is 1.61. The minimum atomic E-state index is -0.125. The fourth-order valence-electron chi connectivity index (χ4n) is 3.44. The van der Waals surface area contributed by atoms with Gasteiger partial charge in [0, 0.05) is 24.6 Å². The molecule has 0 saturated heterocycles. The summed E-state index contributed by atoms with van der Waals surface area (Å²) in [5.74, 6) is 0.522. The van der Waals surface area contributed by atoms with Gasteiger partial charge >= 0.3 is 0 Å². The number of hydrogen-bond acceptors (Lipinski definition) is 5. The van der Waals surface area contributed by atoms with E-state index in [0.29, 0.717) is 30.3 Å². The Morgan fingerprint density at radius 2 is 1.97 bits per heavy atom. The van der Waals surface area contributed by atoms with E-state index in [9.17, 15) is 9.59 Å². The highest BCUT2D eigenvalue weighted by Gasteiger charge is 2.27. The van der Waals surface area contributed by atoms with Crippen LogP contribution in [0.4, 0.5) is 5.00 Å².